The predicted octanol–water partition coefficient (Wildman–Crippen LogP) is 2.35. The molecular weight excluding hydrogens is 390 g/mol. The summed E-state index contributed by atoms with van der Waals surface area (Å²) in [6.07, 6.45) is 5.34. The summed E-state index contributed by atoms with van der Waals surface area (Å²) in [5.41, 5.74) is 1.000. The summed E-state index contributed by atoms with van der Waals surface area (Å²) >= 11 is 0. The number of morpholine rings is 1. The molecule has 1 aliphatic heterocycles. The van der Waals surface area contributed by atoms with Crippen LogP contribution in [0.4, 0.5) is 5.69 Å². The third-order valence-electron chi connectivity index (χ3n) is 6.36. The van der Waals surface area contributed by atoms with E-state index in [4.69, 9.17) is 4.74 Å². The van der Waals surface area contributed by atoms with Gasteiger partial charge >= 0.3 is 0 Å². The minimum absolute atomic E-state index is 0.0680. The smallest absolute Gasteiger partial charge is 0.243 e. The van der Waals surface area contributed by atoms with Crippen LogP contribution < -0.4 is 4.90 Å². The molecule has 160 valence electrons. The van der Waals surface area contributed by atoms with Crippen molar-refractivity contribution in [3.05, 3.63) is 23.8 Å². The molecule has 1 aromatic rings. The van der Waals surface area contributed by atoms with Crippen LogP contribution in [0.2, 0.25) is 0 Å². The van der Waals surface area contributed by atoms with Gasteiger partial charge in [-0.2, -0.15) is 9.57 Å². The van der Waals surface area contributed by atoms with Crippen molar-refractivity contribution in [1.82, 2.24) is 4.31 Å². The molecule has 1 aliphatic carbocycles. The van der Waals surface area contributed by atoms with Crippen LogP contribution in [-0.4, -0.2) is 63.3 Å². The number of rotatable bonds is 6. The number of hydrogen-bond donors (Lipinski definition) is 1. The van der Waals surface area contributed by atoms with Crippen LogP contribution in [0.25, 0.3) is 0 Å². The van der Waals surface area contributed by atoms with Gasteiger partial charge < -0.3 is 14.7 Å². The minimum Gasteiger partial charge on any atom is -0.394 e. The van der Waals surface area contributed by atoms with Gasteiger partial charge in [0.25, 0.3) is 0 Å². The highest BCUT2D eigenvalue weighted by molar-refractivity contribution is 7.89. The summed E-state index contributed by atoms with van der Waals surface area (Å²) in [7, 11) is -2.02. The van der Waals surface area contributed by atoms with E-state index in [9.17, 15) is 18.8 Å². The highest BCUT2D eigenvalue weighted by Gasteiger charge is 2.32. The van der Waals surface area contributed by atoms with Gasteiger partial charge in [-0.25, -0.2) is 8.42 Å². The molecule has 0 amide bonds. The van der Waals surface area contributed by atoms with Gasteiger partial charge in [0.1, 0.15) is 6.07 Å². The Morgan fingerprint density at radius 1 is 1.34 bits per heavy atom. The Kier molecular flexibility index (Phi) is 7.17. The summed E-state index contributed by atoms with van der Waals surface area (Å²) in [4.78, 5) is 2.12. The number of benzene rings is 1. The van der Waals surface area contributed by atoms with Gasteiger partial charge in [-0.15, -0.1) is 0 Å². The second-order valence-corrected chi connectivity index (χ2v) is 10.1. The molecule has 2 atom stereocenters. The lowest BCUT2D eigenvalue weighted by Crippen LogP contribution is -2.44. The highest BCUT2D eigenvalue weighted by Crippen LogP contribution is 2.32. The van der Waals surface area contributed by atoms with Crippen LogP contribution in [0.1, 0.15) is 44.6 Å². The van der Waals surface area contributed by atoms with Crippen LogP contribution in [0.15, 0.2) is 23.1 Å². The molecule has 1 saturated carbocycles. The van der Waals surface area contributed by atoms with E-state index < -0.39 is 10.0 Å². The first kappa shape index (κ1) is 22.0. The van der Waals surface area contributed by atoms with Crippen molar-refractivity contribution in [3.63, 3.8) is 0 Å². The number of nitriles is 1. The number of aliphatic hydroxyl groups excluding tert-OH is 1. The van der Waals surface area contributed by atoms with E-state index >= 15 is 0 Å². The maximum Gasteiger partial charge on any atom is 0.243 e. The first-order valence-corrected chi connectivity index (χ1v) is 11.8. The monoisotopic (exact) mass is 421 g/mol. The zero-order valence-electron chi connectivity index (χ0n) is 17.2. The molecule has 7 nitrogen and oxygen atoms in total. The third kappa shape index (κ3) is 4.75. The number of aliphatic hydroxyl groups is 1. The van der Waals surface area contributed by atoms with Crippen molar-refractivity contribution < 1.29 is 18.3 Å². The van der Waals surface area contributed by atoms with E-state index in [1.165, 1.54) is 16.8 Å². The van der Waals surface area contributed by atoms with Crippen molar-refractivity contribution in [2.75, 3.05) is 38.3 Å². The topological polar surface area (TPSA) is 93.9 Å². The Morgan fingerprint density at radius 3 is 2.72 bits per heavy atom. The maximum atomic E-state index is 13.3. The van der Waals surface area contributed by atoms with Crippen LogP contribution in [0, 0.1) is 17.2 Å². The Labute approximate surface area is 173 Å². The predicted molar refractivity (Wildman–Crippen MR) is 111 cm³/mol. The summed E-state index contributed by atoms with van der Waals surface area (Å²) in [6.45, 7) is 3.27. The SMILES string of the molecule is CC(C1CCCCC1)N(C)S(=O)(=O)c1ccc(C#N)c(N2CCO[C@@H](CO)C2)c1. The Bertz CT molecular complexity index is 846. The Morgan fingerprint density at radius 2 is 2.07 bits per heavy atom. The van der Waals surface area contributed by atoms with Crippen LogP contribution in [-0.2, 0) is 14.8 Å². The van der Waals surface area contributed by atoms with E-state index in [0.717, 1.165) is 25.7 Å². The molecule has 1 saturated heterocycles. The molecule has 0 bridgehead atoms. The van der Waals surface area contributed by atoms with Gasteiger partial charge in [0.2, 0.25) is 10.0 Å². The third-order valence-corrected chi connectivity index (χ3v) is 8.30. The van der Waals surface area contributed by atoms with Gasteiger partial charge in [0, 0.05) is 26.2 Å². The standard InChI is InChI=1S/C21H31N3O4S/c1-16(17-6-4-3-5-7-17)23(2)29(26,27)20-9-8-18(13-22)21(12-20)24-10-11-28-19(14-24)15-25/h8-9,12,16-17,19,25H,3-7,10-11,14-15H2,1-2H3/t16?,19-/m1/s1. The van der Waals surface area contributed by atoms with Gasteiger partial charge in [-0.05, 0) is 43.9 Å². The molecule has 2 fully saturated rings. The van der Waals surface area contributed by atoms with E-state index in [1.807, 2.05) is 11.8 Å². The van der Waals surface area contributed by atoms with Crippen molar-refractivity contribution in [3.8, 4) is 6.07 Å². The lowest BCUT2D eigenvalue weighted by atomic mass is 9.85. The number of anilines is 1. The van der Waals surface area contributed by atoms with Gasteiger partial charge in [0.05, 0.1) is 35.5 Å². The van der Waals surface area contributed by atoms with E-state index in [-0.39, 0.29) is 23.6 Å². The second-order valence-electron chi connectivity index (χ2n) is 8.07. The molecule has 1 aromatic carbocycles. The lowest BCUT2D eigenvalue weighted by molar-refractivity contribution is 0.00355. The van der Waals surface area contributed by atoms with Crippen LogP contribution in [0.3, 0.4) is 0 Å². The molecule has 8 heteroatoms. The van der Waals surface area contributed by atoms with Gasteiger partial charge in [0.15, 0.2) is 0 Å². The zero-order valence-corrected chi connectivity index (χ0v) is 18.1. The fraction of sp³-hybridized carbons (Fsp3) is 0.667. The zero-order chi connectivity index (χ0) is 21.0. The fourth-order valence-corrected chi connectivity index (χ4v) is 5.82. The average molecular weight is 422 g/mol. The molecule has 1 heterocycles. The van der Waals surface area contributed by atoms with Gasteiger partial charge in [-0.3, -0.25) is 0 Å². The van der Waals surface area contributed by atoms with Crippen molar-refractivity contribution >= 4 is 15.7 Å². The van der Waals surface area contributed by atoms with E-state index in [2.05, 4.69) is 6.07 Å². The normalized spacial score (nSPS) is 22.4. The lowest BCUT2D eigenvalue weighted by Gasteiger charge is -2.35. The number of hydrogen-bond acceptors (Lipinski definition) is 6. The summed E-state index contributed by atoms with van der Waals surface area (Å²) < 4.78 is 33.6. The molecular formula is C21H31N3O4S. The number of sulfonamides is 1. The molecule has 1 N–H and O–H groups in total. The van der Waals surface area contributed by atoms with Gasteiger partial charge in [-0.1, -0.05) is 19.3 Å². The minimum atomic E-state index is -3.68. The van der Waals surface area contributed by atoms with Crippen molar-refractivity contribution in [2.45, 2.75) is 56.1 Å². The van der Waals surface area contributed by atoms with Crippen LogP contribution >= 0.6 is 0 Å². The average Bonchev–Trinajstić information content (AvgIpc) is 2.78. The first-order valence-electron chi connectivity index (χ1n) is 10.4. The van der Waals surface area contributed by atoms with Crippen molar-refractivity contribution in [2.24, 2.45) is 5.92 Å². The number of nitrogens with zero attached hydrogens (tertiary/aromatic N) is 3. The van der Waals surface area contributed by atoms with Crippen molar-refractivity contribution in [1.29, 1.82) is 5.26 Å². The molecule has 2 aliphatic rings. The Hall–Kier alpha value is -1.66. The fourth-order valence-electron chi connectivity index (χ4n) is 4.38. The molecule has 3 rings (SSSR count). The molecule has 0 aromatic heterocycles. The second kappa shape index (κ2) is 9.43. The quantitative estimate of drug-likeness (QED) is 0.758. The maximum absolute atomic E-state index is 13.3. The Balaban J connectivity index is 1.88. The first-order chi connectivity index (χ1) is 13.9. The van der Waals surface area contributed by atoms with E-state index in [0.29, 0.717) is 36.9 Å². The summed E-state index contributed by atoms with van der Waals surface area (Å²) in [5, 5.41) is 18.9. The summed E-state index contributed by atoms with van der Waals surface area (Å²) in [5.74, 6) is 0.380. The molecule has 29 heavy (non-hydrogen) atoms. The number of ether oxygens (including phenoxy) is 1. The largest absolute Gasteiger partial charge is 0.394 e. The molecule has 0 radical (unpaired) electrons. The summed E-state index contributed by atoms with van der Waals surface area (Å²) in [6, 6.07) is 6.78. The highest BCUT2D eigenvalue weighted by atomic mass is 32.2. The molecule has 1 unspecified atom stereocenters. The van der Waals surface area contributed by atoms with Crippen LogP contribution in [0.5, 0.6) is 0 Å². The van der Waals surface area contributed by atoms with E-state index in [1.54, 1.807) is 19.2 Å². The molecule has 0 spiro atoms.